The number of benzene rings is 1. The van der Waals surface area contributed by atoms with Crippen LogP contribution in [0.2, 0.25) is 0 Å². The van der Waals surface area contributed by atoms with Gasteiger partial charge in [-0.05, 0) is 43.3 Å². The van der Waals surface area contributed by atoms with Crippen molar-refractivity contribution in [2.75, 3.05) is 0 Å². The van der Waals surface area contributed by atoms with Crippen molar-refractivity contribution in [2.24, 2.45) is 0 Å². The summed E-state index contributed by atoms with van der Waals surface area (Å²) in [5.41, 5.74) is 4.80. The van der Waals surface area contributed by atoms with Crippen molar-refractivity contribution < 1.29 is 0 Å². The largest absolute Gasteiger partial charge is 0.256 e. The van der Waals surface area contributed by atoms with Crippen LogP contribution in [-0.4, -0.2) is 15.0 Å². The minimum absolute atomic E-state index is 0.700. The van der Waals surface area contributed by atoms with E-state index in [1.807, 2.05) is 61.7 Å². The number of hydrogen-bond donors (Lipinski definition) is 0. The third-order valence-corrected chi connectivity index (χ3v) is 3.69. The minimum atomic E-state index is 0.700. The summed E-state index contributed by atoms with van der Waals surface area (Å²) >= 11 is 0. The predicted octanol–water partition coefficient (Wildman–Crippen LogP) is 4.27. The quantitative estimate of drug-likeness (QED) is 0.554. The zero-order valence-electron chi connectivity index (χ0n) is 12.6. The van der Waals surface area contributed by atoms with Crippen molar-refractivity contribution in [3.63, 3.8) is 0 Å². The first-order valence-electron chi connectivity index (χ1n) is 7.39. The molecular formula is C20H13N3. The van der Waals surface area contributed by atoms with E-state index in [0.717, 1.165) is 33.4 Å². The first-order valence-corrected chi connectivity index (χ1v) is 7.39. The second kappa shape index (κ2) is 5.51. The van der Waals surface area contributed by atoms with Crippen LogP contribution >= 0.6 is 0 Å². The van der Waals surface area contributed by atoms with Gasteiger partial charge in [0.25, 0.3) is 0 Å². The second-order valence-corrected chi connectivity index (χ2v) is 5.32. The highest BCUT2D eigenvalue weighted by molar-refractivity contribution is 5.93. The van der Waals surface area contributed by atoms with Crippen LogP contribution in [0.25, 0.3) is 33.5 Å². The molecule has 4 aromatic rings. The lowest BCUT2D eigenvalue weighted by Gasteiger charge is -2.08. The first-order chi connectivity index (χ1) is 11.3. The van der Waals surface area contributed by atoms with Gasteiger partial charge < -0.3 is 0 Å². The molecule has 0 unspecified atom stereocenters. The Morgan fingerprint density at radius 1 is 0.957 bits per heavy atom. The topological polar surface area (TPSA) is 38.7 Å². The lowest BCUT2D eigenvalue weighted by atomic mass is 10.1. The zero-order chi connectivity index (χ0) is 15.6. The molecule has 23 heavy (non-hydrogen) atoms. The Bertz CT molecular complexity index is 973. The SMILES string of the molecule is Cc1cc(-c2ccnc3ccccc23)nc(-c2cc#ccc2)n1. The van der Waals surface area contributed by atoms with Gasteiger partial charge in [-0.2, -0.15) is 0 Å². The van der Waals surface area contributed by atoms with E-state index in [2.05, 4.69) is 28.2 Å². The van der Waals surface area contributed by atoms with Crippen LogP contribution in [0.15, 0.2) is 60.8 Å². The highest BCUT2D eigenvalue weighted by atomic mass is 14.9. The van der Waals surface area contributed by atoms with Crippen molar-refractivity contribution in [1.82, 2.24) is 15.0 Å². The molecule has 0 saturated heterocycles. The summed E-state index contributed by atoms with van der Waals surface area (Å²) in [6.07, 6.45) is 1.82. The van der Waals surface area contributed by atoms with Gasteiger partial charge in [0.2, 0.25) is 0 Å². The number of pyridine rings is 1. The lowest BCUT2D eigenvalue weighted by molar-refractivity contribution is 1.12. The first kappa shape index (κ1) is 13.4. The number of rotatable bonds is 2. The molecule has 0 aliphatic heterocycles. The number of fused-ring (bicyclic) bond motifs is 1. The molecule has 3 heteroatoms. The fourth-order valence-electron chi connectivity index (χ4n) is 2.64. The third kappa shape index (κ3) is 2.51. The molecule has 4 rings (SSSR count). The van der Waals surface area contributed by atoms with Crippen molar-refractivity contribution in [2.45, 2.75) is 6.92 Å². The Hall–Kier alpha value is -3.25. The summed E-state index contributed by atoms with van der Waals surface area (Å²) in [5, 5.41) is 1.09. The maximum atomic E-state index is 4.75. The summed E-state index contributed by atoms with van der Waals surface area (Å²) in [7, 11) is 0. The van der Waals surface area contributed by atoms with Crippen LogP contribution in [0, 0.1) is 19.1 Å². The number of hydrogen-bond acceptors (Lipinski definition) is 3. The molecular weight excluding hydrogens is 282 g/mol. The Morgan fingerprint density at radius 3 is 2.74 bits per heavy atom. The van der Waals surface area contributed by atoms with Gasteiger partial charge in [0.15, 0.2) is 5.82 Å². The Morgan fingerprint density at radius 2 is 1.87 bits per heavy atom. The van der Waals surface area contributed by atoms with Gasteiger partial charge in [-0.3, -0.25) is 4.98 Å². The number of aromatic nitrogens is 3. The standard InChI is InChI=1S/C20H13N3/c1-14-13-19(23-20(22-14)15-7-3-2-4-8-15)17-11-12-21-18-10-6-5-9-16(17)18/h3,5-13H,1H3. The van der Waals surface area contributed by atoms with E-state index in [9.17, 15) is 0 Å². The summed E-state index contributed by atoms with van der Waals surface area (Å²) in [6, 6.07) is 23.6. The zero-order valence-corrected chi connectivity index (χ0v) is 12.6. The summed E-state index contributed by atoms with van der Waals surface area (Å²) in [5.74, 6) is 0.700. The Balaban J connectivity index is 1.94. The predicted molar refractivity (Wildman–Crippen MR) is 90.6 cm³/mol. The van der Waals surface area contributed by atoms with E-state index in [1.54, 1.807) is 0 Å². The number of para-hydroxylation sites is 1. The van der Waals surface area contributed by atoms with E-state index in [0.29, 0.717) is 5.82 Å². The molecule has 2 aromatic carbocycles. The van der Waals surface area contributed by atoms with Crippen LogP contribution in [0.1, 0.15) is 5.69 Å². The van der Waals surface area contributed by atoms with Gasteiger partial charge in [-0.1, -0.05) is 30.3 Å². The van der Waals surface area contributed by atoms with E-state index in [1.165, 1.54) is 0 Å². The molecule has 0 spiro atoms. The summed E-state index contributed by atoms with van der Waals surface area (Å²) in [4.78, 5) is 13.7. The Kier molecular flexibility index (Phi) is 3.21. The van der Waals surface area contributed by atoms with Gasteiger partial charge in [0.05, 0.1) is 11.2 Å². The molecule has 0 atom stereocenters. The van der Waals surface area contributed by atoms with Crippen LogP contribution in [0.4, 0.5) is 0 Å². The van der Waals surface area contributed by atoms with Gasteiger partial charge in [0.1, 0.15) is 0 Å². The fourth-order valence-corrected chi connectivity index (χ4v) is 2.64. The van der Waals surface area contributed by atoms with Crippen LogP contribution < -0.4 is 0 Å². The normalized spacial score (nSPS) is 10.5. The monoisotopic (exact) mass is 295 g/mol. The molecule has 2 aromatic heterocycles. The van der Waals surface area contributed by atoms with E-state index >= 15 is 0 Å². The molecule has 0 aliphatic rings. The van der Waals surface area contributed by atoms with Crippen molar-refractivity contribution in [3.8, 4) is 22.6 Å². The molecule has 0 amide bonds. The lowest BCUT2D eigenvalue weighted by Crippen LogP contribution is -1.95. The van der Waals surface area contributed by atoms with E-state index in [-0.39, 0.29) is 0 Å². The molecule has 0 saturated carbocycles. The molecule has 3 nitrogen and oxygen atoms in total. The van der Waals surface area contributed by atoms with Crippen LogP contribution in [0.5, 0.6) is 0 Å². The van der Waals surface area contributed by atoms with Gasteiger partial charge in [0, 0.05) is 28.4 Å². The highest BCUT2D eigenvalue weighted by Gasteiger charge is 2.09. The number of aryl methyl sites for hydroxylation is 1. The average molecular weight is 295 g/mol. The molecule has 0 N–H and O–H groups in total. The van der Waals surface area contributed by atoms with Crippen molar-refractivity contribution >= 4 is 10.9 Å². The van der Waals surface area contributed by atoms with Gasteiger partial charge in [-0.25, -0.2) is 9.97 Å². The molecule has 0 aliphatic carbocycles. The molecule has 0 bridgehead atoms. The minimum Gasteiger partial charge on any atom is -0.256 e. The van der Waals surface area contributed by atoms with Crippen LogP contribution in [0.3, 0.4) is 0 Å². The van der Waals surface area contributed by atoms with E-state index < -0.39 is 0 Å². The second-order valence-electron chi connectivity index (χ2n) is 5.32. The van der Waals surface area contributed by atoms with Crippen molar-refractivity contribution in [3.05, 3.63) is 78.6 Å². The molecule has 2 heterocycles. The average Bonchev–Trinajstić information content (AvgIpc) is 2.61. The number of nitrogens with zero attached hydrogens (tertiary/aromatic N) is 3. The smallest absolute Gasteiger partial charge is 0.160 e. The van der Waals surface area contributed by atoms with Gasteiger partial charge in [-0.15, -0.1) is 0 Å². The third-order valence-electron chi connectivity index (χ3n) is 3.69. The van der Waals surface area contributed by atoms with Crippen molar-refractivity contribution in [1.29, 1.82) is 0 Å². The summed E-state index contributed by atoms with van der Waals surface area (Å²) < 4.78 is 0. The maximum absolute atomic E-state index is 4.75. The Labute approximate surface area is 134 Å². The van der Waals surface area contributed by atoms with E-state index in [4.69, 9.17) is 4.98 Å². The molecule has 0 radical (unpaired) electrons. The maximum Gasteiger partial charge on any atom is 0.160 e. The molecule has 108 valence electrons. The van der Waals surface area contributed by atoms with Gasteiger partial charge >= 0.3 is 0 Å². The fraction of sp³-hybridized carbons (Fsp3) is 0.0500. The molecule has 0 fully saturated rings. The highest BCUT2D eigenvalue weighted by Crippen LogP contribution is 2.27. The van der Waals surface area contributed by atoms with Crippen LogP contribution in [-0.2, 0) is 0 Å². The summed E-state index contributed by atoms with van der Waals surface area (Å²) in [6.45, 7) is 1.98.